The van der Waals surface area contributed by atoms with E-state index >= 15 is 0 Å². The number of carboxylic acid groups (broad SMARTS) is 1. The van der Waals surface area contributed by atoms with Crippen molar-refractivity contribution in [1.29, 1.82) is 0 Å². The second kappa shape index (κ2) is 5.25. The standard InChI is InChI=1S/C13H17NO4/c1-9-5-11(8-18-9)13(17)14-4-2-3-10(7-14)6-12(15)16/h5,8,10H,2-4,6-7H2,1H3,(H,15,16). The van der Waals surface area contributed by atoms with Crippen LogP contribution < -0.4 is 0 Å². The smallest absolute Gasteiger partial charge is 0.303 e. The van der Waals surface area contributed by atoms with Crippen molar-refractivity contribution in [1.82, 2.24) is 4.90 Å². The van der Waals surface area contributed by atoms with Crippen LogP contribution in [0.5, 0.6) is 0 Å². The minimum Gasteiger partial charge on any atom is -0.481 e. The van der Waals surface area contributed by atoms with Gasteiger partial charge >= 0.3 is 5.97 Å². The molecule has 1 fully saturated rings. The molecule has 2 rings (SSSR count). The van der Waals surface area contributed by atoms with Gasteiger partial charge in [0.25, 0.3) is 5.91 Å². The molecule has 0 aliphatic carbocycles. The van der Waals surface area contributed by atoms with Crippen molar-refractivity contribution in [3.63, 3.8) is 0 Å². The molecule has 1 atom stereocenters. The molecule has 98 valence electrons. The highest BCUT2D eigenvalue weighted by atomic mass is 16.4. The Bertz CT molecular complexity index is 452. The van der Waals surface area contributed by atoms with Crippen LogP contribution in [-0.2, 0) is 4.79 Å². The van der Waals surface area contributed by atoms with Gasteiger partial charge in [-0.25, -0.2) is 0 Å². The molecule has 2 heterocycles. The van der Waals surface area contributed by atoms with Crippen LogP contribution in [0.3, 0.4) is 0 Å². The Labute approximate surface area is 105 Å². The van der Waals surface area contributed by atoms with Crippen LogP contribution in [0.4, 0.5) is 0 Å². The van der Waals surface area contributed by atoms with Gasteiger partial charge in [0.1, 0.15) is 12.0 Å². The van der Waals surface area contributed by atoms with Crippen LogP contribution in [0.15, 0.2) is 16.7 Å². The maximum atomic E-state index is 12.2. The number of aliphatic carboxylic acids is 1. The third-order valence-corrected chi connectivity index (χ3v) is 3.25. The van der Waals surface area contributed by atoms with E-state index in [0.717, 1.165) is 12.8 Å². The number of carbonyl (C=O) groups is 2. The molecule has 5 nitrogen and oxygen atoms in total. The summed E-state index contributed by atoms with van der Waals surface area (Å²) >= 11 is 0. The molecule has 1 amide bonds. The fourth-order valence-corrected chi connectivity index (χ4v) is 2.40. The highest BCUT2D eigenvalue weighted by Gasteiger charge is 2.26. The first-order valence-electron chi connectivity index (χ1n) is 6.12. The topological polar surface area (TPSA) is 70.8 Å². The lowest BCUT2D eigenvalue weighted by atomic mass is 9.94. The molecule has 1 saturated heterocycles. The zero-order chi connectivity index (χ0) is 13.1. The molecule has 0 radical (unpaired) electrons. The average molecular weight is 251 g/mol. The van der Waals surface area contributed by atoms with Crippen LogP contribution >= 0.6 is 0 Å². The van der Waals surface area contributed by atoms with E-state index in [1.807, 2.05) is 0 Å². The first-order valence-corrected chi connectivity index (χ1v) is 6.12. The molecule has 1 aliphatic heterocycles. The molecule has 1 aromatic rings. The fourth-order valence-electron chi connectivity index (χ4n) is 2.40. The summed E-state index contributed by atoms with van der Waals surface area (Å²) in [6.07, 6.45) is 3.33. The van der Waals surface area contributed by atoms with Crippen LogP contribution in [0.1, 0.15) is 35.4 Å². The van der Waals surface area contributed by atoms with E-state index in [1.54, 1.807) is 17.9 Å². The van der Waals surface area contributed by atoms with Crippen LogP contribution in [0.25, 0.3) is 0 Å². The summed E-state index contributed by atoms with van der Waals surface area (Å²) in [4.78, 5) is 24.6. The van der Waals surface area contributed by atoms with E-state index in [-0.39, 0.29) is 18.2 Å². The maximum absolute atomic E-state index is 12.2. The SMILES string of the molecule is Cc1cc(C(=O)N2CCCC(CC(=O)O)C2)co1. The molecule has 1 N–H and O–H groups in total. The van der Waals surface area contributed by atoms with Crippen molar-refractivity contribution in [3.05, 3.63) is 23.7 Å². The molecule has 0 saturated carbocycles. The number of amides is 1. The van der Waals surface area contributed by atoms with Gasteiger partial charge in [-0.05, 0) is 31.7 Å². The predicted octanol–water partition coefficient (Wildman–Crippen LogP) is 1.91. The van der Waals surface area contributed by atoms with Crippen LogP contribution in [-0.4, -0.2) is 35.0 Å². The van der Waals surface area contributed by atoms with Gasteiger partial charge in [-0.15, -0.1) is 0 Å². The van der Waals surface area contributed by atoms with Crippen LogP contribution in [0, 0.1) is 12.8 Å². The van der Waals surface area contributed by atoms with Crippen molar-refractivity contribution in [2.45, 2.75) is 26.2 Å². The van der Waals surface area contributed by atoms with Crippen LogP contribution in [0.2, 0.25) is 0 Å². The van der Waals surface area contributed by atoms with E-state index < -0.39 is 5.97 Å². The van der Waals surface area contributed by atoms with Gasteiger partial charge in [0.2, 0.25) is 0 Å². The number of likely N-dealkylation sites (tertiary alicyclic amines) is 1. The Morgan fingerprint density at radius 2 is 2.33 bits per heavy atom. The molecular weight excluding hydrogens is 234 g/mol. The molecule has 5 heteroatoms. The molecule has 18 heavy (non-hydrogen) atoms. The Morgan fingerprint density at radius 1 is 1.56 bits per heavy atom. The third kappa shape index (κ3) is 2.91. The van der Waals surface area contributed by atoms with E-state index in [1.165, 1.54) is 6.26 Å². The van der Waals surface area contributed by atoms with Gasteiger partial charge in [0, 0.05) is 19.5 Å². The zero-order valence-electron chi connectivity index (χ0n) is 10.4. The van der Waals surface area contributed by atoms with Gasteiger partial charge in [0.05, 0.1) is 5.56 Å². The van der Waals surface area contributed by atoms with Gasteiger partial charge in [-0.3, -0.25) is 9.59 Å². The Hall–Kier alpha value is -1.78. The van der Waals surface area contributed by atoms with Crippen molar-refractivity contribution in [3.8, 4) is 0 Å². The van der Waals surface area contributed by atoms with Crippen molar-refractivity contribution in [2.75, 3.05) is 13.1 Å². The quantitative estimate of drug-likeness (QED) is 0.890. The number of aryl methyl sites for hydroxylation is 1. The summed E-state index contributed by atoms with van der Waals surface area (Å²) in [5.41, 5.74) is 0.545. The summed E-state index contributed by atoms with van der Waals surface area (Å²) in [6, 6.07) is 1.71. The lowest BCUT2D eigenvalue weighted by Crippen LogP contribution is -2.40. The molecule has 0 bridgehead atoms. The summed E-state index contributed by atoms with van der Waals surface area (Å²) in [5, 5.41) is 8.79. The second-order valence-corrected chi connectivity index (χ2v) is 4.80. The van der Waals surface area contributed by atoms with E-state index in [0.29, 0.717) is 24.4 Å². The van der Waals surface area contributed by atoms with Crippen molar-refractivity contribution >= 4 is 11.9 Å². The monoisotopic (exact) mass is 251 g/mol. The minimum absolute atomic E-state index is 0.0631. The minimum atomic E-state index is -0.798. The number of carboxylic acids is 1. The molecule has 1 aromatic heterocycles. The number of hydrogen-bond acceptors (Lipinski definition) is 3. The van der Waals surface area contributed by atoms with Crippen molar-refractivity contribution < 1.29 is 19.1 Å². The molecule has 1 aliphatic rings. The normalized spacial score (nSPS) is 19.8. The average Bonchev–Trinajstić information content (AvgIpc) is 2.74. The summed E-state index contributed by atoms with van der Waals surface area (Å²) in [5.74, 6) is -0.0963. The Kier molecular flexibility index (Phi) is 3.69. The predicted molar refractivity (Wildman–Crippen MR) is 64.3 cm³/mol. The second-order valence-electron chi connectivity index (χ2n) is 4.80. The summed E-state index contributed by atoms with van der Waals surface area (Å²) in [6.45, 7) is 3.01. The van der Waals surface area contributed by atoms with Gasteiger partial charge in [0.15, 0.2) is 0 Å². The molecule has 0 aromatic carbocycles. The molecular formula is C13H17NO4. The third-order valence-electron chi connectivity index (χ3n) is 3.25. The summed E-state index contributed by atoms with van der Waals surface area (Å²) < 4.78 is 5.13. The molecule has 1 unspecified atom stereocenters. The number of rotatable bonds is 3. The van der Waals surface area contributed by atoms with Gasteiger partial charge < -0.3 is 14.4 Å². The Morgan fingerprint density at radius 3 is 2.94 bits per heavy atom. The van der Waals surface area contributed by atoms with E-state index in [9.17, 15) is 9.59 Å². The van der Waals surface area contributed by atoms with Gasteiger partial charge in [-0.1, -0.05) is 0 Å². The number of hydrogen-bond donors (Lipinski definition) is 1. The largest absolute Gasteiger partial charge is 0.481 e. The number of piperidine rings is 1. The van der Waals surface area contributed by atoms with Gasteiger partial charge in [-0.2, -0.15) is 0 Å². The highest BCUT2D eigenvalue weighted by molar-refractivity contribution is 5.94. The number of nitrogens with zero attached hydrogens (tertiary/aromatic N) is 1. The highest BCUT2D eigenvalue weighted by Crippen LogP contribution is 2.21. The first kappa shape index (κ1) is 12.7. The zero-order valence-corrected chi connectivity index (χ0v) is 10.4. The first-order chi connectivity index (χ1) is 8.56. The molecule has 0 spiro atoms. The van der Waals surface area contributed by atoms with E-state index in [2.05, 4.69) is 0 Å². The Balaban J connectivity index is 2.00. The van der Waals surface area contributed by atoms with E-state index in [4.69, 9.17) is 9.52 Å². The van der Waals surface area contributed by atoms with Crippen molar-refractivity contribution in [2.24, 2.45) is 5.92 Å². The maximum Gasteiger partial charge on any atom is 0.303 e. The number of furan rings is 1. The fraction of sp³-hybridized carbons (Fsp3) is 0.538. The summed E-state index contributed by atoms with van der Waals surface area (Å²) in [7, 11) is 0. The number of carbonyl (C=O) groups excluding carboxylic acids is 1. The lowest BCUT2D eigenvalue weighted by molar-refractivity contribution is -0.138. The lowest BCUT2D eigenvalue weighted by Gasteiger charge is -2.31.